The number of amides is 1. The first-order valence-electron chi connectivity index (χ1n) is 8.82. The van der Waals surface area contributed by atoms with Crippen molar-refractivity contribution in [1.29, 1.82) is 0 Å². The van der Waals surface area contributed by atoms with Gasteiger partial charge in [-0.05, 0) is 35.9 Å². The SMILES string of the molecule is COc1ccc(C(=O)Nc2nnc(S(=O)(=O)N(C)Cc3ccc(Cl)cc3)s2)cc1OC. The molecule has 1 aromatic heterocycles. The number of nitrogens with zero attached hydrogens (tertiary/aromatic N) is 3. The maximum absolute atomic E-state index is 12.8. The first-order valence-corrected chi connectivity index (χ1v) is 11.5. The highest BCUT2D eigenvalue weighted by Gasteiger charge is 2.26. The second-order valence-corrected chi connectivity index (χ2v) is 9.92. The lowest BCUT2D eigenvalue weighted by Crippen LogP contribution is -2.26. The average Bonchev–Trinajstić information content (AvgIpc) is 3.24. The number of halogens is 1. The summed E-state index contributed by atoms with van der Waals surface area (Å²) < 4.78 is 36.8. The molecule has 31 heavy (non-hydrogen) atoms. The summed E-state index contributed by atoms with van der Waals surface area (Å²) in [7, 11) is 0.500. The summed E-state index contributed by atoms with van der Waals surface area (Å²) in [6, 6.07) is 11.5. The molecule has 3 rings (SSSR count). The molecule has 0 radical (unpaired) electrons. The molecule has 1 heterocycles. The summed E-state index contributed by atoms with van der Waals surface area (Å²) in [5.41, 5.74) is 1.05. The van der Waals surface area contributed by atoms with Gasteiger partial charge in [0.1, 0.15) is 0 Å². The van der Waals surface area contributed by atoms with E-state index in [4.69, 9.17) is 21.1 Å². The number of hydrogen-bond acceptors (Lipinski definition) is 8. The van der Waals surface area contributed by atoms with Gasteiger partial charge in [-0.3, -0.25) is 10.1 Å². The van der Waals surface area contributed by atoms with E-state index in [-0.39, 0.29) is 21.6 Å². The molecule has 0 fully saturated rings. The zero-order valence-electron chi connectivity index (χ0n) is 16.8. The van der Waals surface area contributed by atoms with Crippen LogP contribution in [0.5, 0.6) is 11.5 Å². The number of ether oxygens (including phenoxy) is 2. The Bertz CT molecular complexity index is 1180. The summed E-state index contributed by atoms with van der Waals surface area (Å²) in [5.74, 6) is 0.377. The summed E-state index contributed by atoms with van der Waals surface area (Å²) in [6.45, 7) is 0.131. The van der Waals surface area contributed by atoms with Crippen molar-refractivity contribution >= 4 is 44.0 Å². The molecule has 0 saturated heterocycles. The minimum Gasteiger partial charge on any atom is -0.493 e. The zero-order chi connectivity index (χ0) is 22.6. The summed E-state index contributed by atoms with van der Waals surface area (Å²) in [5, 5.41) is 10.7. The Hall–Kier alpha value is -2.73. The van der Waals surface area contributed by atoms with Gasteiger partial charge in [-0.15, -0.1) is 10.2 Å². The van der Waals surface area contributed by atoms with Crippen LogP contribution in [-0.2, 0) is 16.6 Å². The fourth-order valence-electron chi connectivity index (χ4n) is 2.58. The first kappa shape index (κ1) is 22.9. The van der Waals surface area contributed by atoms with E-state index in [2.05, 4.69) is 15.5 Å². The fraction of sp³-hybridized carbons (Fsp3) is 0.211. The Kier molecular flexibility index (Phi) is 7.11. The lowest BCUT2D eigenvalue weighted by molar-refractivity contribution is 0.102. The van der Waals surface area contributed by atoms with Crippen LogP contribution in [0.15, 0.2) is 46.8 Å². The number of aromatic nitrogens is 2. The predicted molar refractivity (Wildman–Crippen MR) is 118 cm³/mol. The second-order valence-electron chi connectivity index (χ2n) is 6.28. The predicted octanol–water partition coefficient (Wildman–Crippen LogP) is 3.28. The average molecular weight is 483 g/mol. The van der Waals surface area contributed by atoms with Crippen LogP contribution < -0.4 is 14.8 Å². The van der Waals surface area contributed by atoms with Crippen LogP contribution in [0.2, 0.25) is 5.02 Å². The van der Waals surface area contributed by atoms with Gasteiger partial charge in [0.15, 0.2) is 11.5 Å². The van der Waals surface area contributed by atoms with E-state index in [1.165, 1.54) is 27.3 Å². The van der Waals surface area contributed by atoms with Crippen molar-refractivity contribution in [3.63, 3.8) is 0 Å². The van der Waals surface area contributed by atoms with Crippen LogP contribution in [0.25, 0.3) is 0 Å². The van der Waals surface area contributed by atoms with E-state index < -0.39 is 15.9 Å². The minimum atomic E-state index is -3.89. The molecule has 1 N–H and O–H groups in total. The molecule has 0 atom stereocenters. The van der Waals surface area contributed by atoms with Crippen molar-refractivity contribution in [2.24, 2.45) is 0 Å². The lowest BCUT2D eigenvalue weighted by atomic mass is 10.2. The Morgan fingerprint density at radius 3 is 2.42 bits per heavy atom. The van der Waals surface area contributed by atoms with Crippen molar-refractivity contribution < 1.29 is 22.7 Å². The van der Waals surface area contributed by atoms with Crippen LogP contribution >= 0.6 is 22.9 Å². The van der Waals surface area contributed by atoms with E-state index in [0.717, 1.165) is 21.2 Å². The van der Waals surface area contributed by atoms with Crippen LogP contribution in [-0.4, -0.2) is 50.1 Å². The van der Waals surface area contributed by atoms with Crippen molar-refractivity contribution in [2.75, 3.05) is 26.6 Å². The van der Waals surface area contributed by atoms with E-state index in [0.29, 0.717) is 16.5 Å². The molecule has 2 aromatic carbocycles. The third-order valence-corrected chi connectivity index (χ3v) is 7.46. The van der Waals surface area contributed by atoms with E-state index in [9.17, 15) is 13.2 Å². The van der Waals surface area contributed by atoms with Gasteiger partial charge in [-0.1, -0.05) is 35.1 Å². The number of rotatable bonds is 8. The smallest absolute Gasteiger partial charge is 0.272 e. The van der Waals surface area contributed by atoms with Gasteiger partial charge < -0.3 is 9.47 Å². The molecule has 3 aromatic rings. The van der Waals surface area contributed by atoms with Crippen LogP contribution in [0, 0.1) is 0 Å². The Morgan fingerprint density at radius 2 is 1.77 bits per heavy atom. The highest BCUT2D eigenvalue weighted by molar-refractivity contribution is 7.91. The van der Waals surface area contributed by atoms with Crippen LogP contribution in [0.1, 0.15) is 15.9 Å². The van der Waals surface area contributed by atoms with Crippen LogP contribution in [0.4, 0.5) is 5.13 Å². The molecule has 0 spiro atoms. The second kappa shape index (κ2) is 9.60. The highest BCUT2D eigenvalue weighted by atomic mass is 35.5. The number of methoxy groups -OCH3 is 2. The molecule has 0 aliphatic rings. The highest BCUT2D eigenvalue weighted by Crippen LogP contribution is 2.29. The zero-order valence-corrected chi connectivity index (χ0v) is 19.2. The van der Waals surface area contributed by atoms with E-state index >= 15 is 0 Å². The maximum atomic E-state index is 12.8. The number of carbonyl (C=O) groups excluding carboxylic acids is 1. The largest absolute Gasteiger partial charge is 0.493 e. The maximum Gasteiger partial charge on any atom is 0.272 e. The van der Waals surface area contributed by atoms with Crippen molar-refractivity contribution in [1.82, 2.24) is 14.5 Å². The van der Waals surface area contributed by atoms with Gasteiger partial charge in [0.05, 0.1) is 14.2 Å². The molecule has 0 bridgehead atoms. The molecule has 12 heteroatoms. The van der Waals surface area contributed by atoms with Crippen molar-refractivity contribution in [3.8, 4) is 11.5 Å². The Balaban J connectivity index is 1.72. The molecule has 0 saturated carbocycles. The standard InChI is InChI=1S/C19H19ClN4O5S2/c1-24(11-12-4-7-14(20)8-5-12)31(26,27)19-23-22-18(30-19)21-17(25)13-6-9-15(28-2)16(10-13)29-3/h4-10H,11H2,1-3H3,(H,21,22,25). The lowest BCUT2D eigenvalue weighted by Gasteiger charge is -2.15. The van der Waals surface area contributed by atoms with E-state index in [1.807, 2.05) is 0 Å². The fourth-order valence-corrected chi connectivity index (χ4v) is 4.94. The molecule has 0 aliphatic carbocycles. The monoisotopic (exact) mass is 482 g/mol. The molecule has 0 aliphatic heterocycles. The Labute approximate surface area is 188 Å². The van der Waals surface area contributed by atoms with Gasteiger partial charge in [-0.25, -0.2) is 8.42 Å². The molecular formula is C19H19ClN4O5S2. The number of anilines is 1. The molecule has 9 nitrogen and oxygen atoms in total. The van der Waals surface area contributed by atoms with Gasteiger partial charge >= 0.3 is 0 Å². The van der Waals surface area contributed by atoms with Gasteiger partial charge in [-0.2, -0.15) is 4.31 Å². The topological polar surface area (TPSA) is 111 Å². The normalized spacial score (nSPS) is 11.4. The van der Waals surface area contributed by atoms with Crippen molar-refractivity contribution in [3.05, 3.63) is 58.6 Å². The number of benzene rings is 2. The molecule has 0 unspecified atom stereocenters. The third-order valence-electron chi connectivity index (χ3n) is 4.22. The van der Waals surface area contributed by atoms with Crippen molar-refractivity contribution in [2.45, 2.75) is 10.9 Å². The number of hydrogen-bond donors (Lipinski definition) is 1. The molecule has 164 valence electrons. The number of sulfonamides is 1. The first-order chi connectivity index (χ1) is 14.7. The quantitative estimate of drug-likeness (QED) is 0.490. The summed E-state index contributed by atoms with van der Waals surface area (Å²) >= 11 is 6.62. The molecular weight excluding hydrogens is 464 g/mol. The van der Waals surface area contributed by atoms with Gasteiger partial charge in [0, 0.05) is 24.2 Å². The number of carbonyl (C=O) groups is 1. The molecule has 1 amide bonds. The minimum absolute atomic E-state index is 0.0539. The third kappa shape index (κ3) is 5.31. The Morgan fingerprint density at radius 1 is 1.10 bits per heavy atom. The van der Waals surface area contributed by atoms with Gasteiger partial charge in [0.25, 0.3) is 15.9 Å². The van der Waals surface area contributed by atoms with Gasteiger partial charge in [0.2, 0.25) is 9.47 Å². The van der Waals surface area contributed by atoms with Crippen LogP contribution in [0.3, 0.4) is 0 Å². The summed E-state index contributed by atoms with van der Waals surface area (Å²) in [4.78, 5) is 12.5. The number of nitrogens with one attached hydrogen (secondary N) is 1. The van der Waals surface area contributed by atoms with E-state index in [1.54, 1.807) is 36.4 Å². The summed E-state index contributed by atoms with van der Waals surface area (Å²) in [6.07, 6.45) is 0.